The van der Waals surface area contributed by atoms with Gasteiger partial charge in [-0.25, -0.2) is 0 Å². The van der Waals surface area contributed by atoms with Gasteiger partial charge in [0.1, 0.15) is 0 Å². The predicted octanol–water partition coefficient (Wildman–Crippen LogP) is 3.58. The summed E-state index contributed by atoms with van der Waals surface area (Å²) in [5, 5.41) is 29.5. The molecule has 0 fully saturated rings. The van der Waals surface area contributed by atoms with Gasteiger partial charge in [-0.3, -0.25) is 0 Å². The number of hydrogen-bond acceptors (Lipinski definition) is 7. The summed E-state index contributed by atoms with van der Waals surface area (Å²) < 4.78 is 0. The van der Waals surface area contributed by atoms with Crippen LogP contribution in [0.25, 0.3) is 0 Å². The summed E-state index contributed by atoms with van der Waals surface area (Å²) in [5.41, 5.74) is 0. The van der Waals surface area contributed by atoms with Crippen LogP contribution in [-0.4, -0.2) is 10.2 Å². The van der Waals surface area contributed by atoms with Crippen molar-refractivity contribution in [2.45, 2.75) is 46.9 Å². The molecule has 0 radical (unpaired) electrons. The maximum Gasteiger partial charge on any atom is 0.0689 e. The first-order valence-electron chi connectivity index (χ1n) is 4.82. The minimum Gasteiger partial charge on any atom is -0.356 e. The van der Waals surface area contributed by atoms with E-state index in [0.29, 0.717) is 0 Å². The van der Waals surface area contributed by atoms with Crippen molar-refractivity contribution in [3.05, 3.63) is 30.6 Å². The predicted molar refractivity (Wildman–Crippen MR) is 67.7 cm³/mol. The van der Waals surface area contributed by atoms with Crippen LogP contribution in [0.4, 0.5) is 0 Å². The Kier molecular flexibility index (Phi) is 23.0. The minimum atomic E-state index is -1.75. The summed E-state index contributed by atoms with van der Waals surface area (Å²) in [4.78, 5) is 22.6. The van der Waals surface area contributed by atoms with E-state index in [9.17, 15) is 0 Å². The second kappa shape index (κ2) is 16.0. The van der Waals surface area contributed by atoms with Crippen LogP contribution < -0.4 is 6.15 Å². The van der Waals surface area contributed by atoms with E-state index in [1.54, 1.807) is 0 Å². The van der Waals surface area contributed by atoms with Gasteiger partial charge in [-0.15, -0.1) is 0 Å². The zero-order valence-electron chi connectivity index (χ0n) is 11.2. The van der Waals surface area contributed by atoms with Crippen LogP contribution >= 0.6 is 0 Å². The quantitative estimate of drug-likeness (QED) is 0.502. The third-order valence-electron chi connectivity index (χ3n) is 1.90. The van der Waals surface area contributed by atoms with Crippen molar-refractivity contribution in [2.24, 2.45) is 0 Å². The molecule has 0 aliphatic heterocycles. The third kappa shape index (κ3) is 24.3. The molecule has 0 aromatic heterocycles. The molecule has 0 aliphatic rings. The maximum atomic E-state index is 8.25. The van der Waals surface area contributed by atoms with Gasteiger partial charge in [0.2, 0.25) is 0 Å². The first-order chi connectivity index (χ1) is 7.71. The average Bonchev–Trinajstić information content (AvgIpc) is 2.20. The SMILES string of the molecule is C[CH2][Pt]([CH2]C)([CH2]C)[CH2]C.N.O=[N+]([O-])[O-].O=[N+]([O-])[O-]. The Bertz CT molecular complexity index is 175. The van der Waals surface area contributed by atoms with Crippen molar-refractivity contribution in [2.75, 3.05) is 0 Å². The molecule has 0 amide bonds. The fourth-order valence-corrected chi connectivity index (χ4v) is 7.77. The third-order valence-corrected chi connectivity index (χ3v) is 15.5. The Balaban J connectivity index is -0.0000000922. The molecule has 0 aromatic carbocycles. The molecule has 10 heteroatoms. The second-order valence-corrected chi connectivity index (χ2v) is 15.5. The maximum absolute atomic E-state index is 8.25. The topological polar surface area (TPSA) is 167 Å². The Morgan fingerprint density at radius 3 is 0.833 bits per heavy atom. The summed E-state index contributed by atoms with van der Waals surface area (Å²) in [7, 11) is 0. The van der Waals surface area contributed by atoms with Crippen LogP contribution in [0, 0.1) is 30.6 Å². The standard InChI is InChI=1S/4C2H5.2NO3.H3N.Pt/c4*1-2;2*2-1(3)4;;/h4*1H2,2H3;;;1H3;/q;;;;2*-1;;. The molecule has 0 unspecified atom stereocenters. The molecule has 0 saturated heterocycles. The van der Waals surface area contributed by atoms with Crippen molar-refractivity contribution >= 4 is 0 Å². The van der Waals surface area contributed by atoms with Crippen LogP contribution in [0.1, 0.15) is 27.7 Å². The van der Waals surface area contributed by atoms with Crippen LogP contribution in [0.2, 0.25) is 19.2 Å². The molecule has 0 atom stereocenters. The normalized spacial score (nSPS) is 9.56. The Morgan fingerprint density at radius 1 is 0.722 bits per heavy atom. The van der Waals surface area contributed by atoms with E-state index in [1.807, 2.05) is 0 Å². The Morgan fingerprint density at radius 2 is 0.833 bits per heavy atom. The molecule has 18 heavy (non-hydrogen) atoms. The van der Waals surface area contributed by atoms with Crippen LogP contribution in [-0.2, 0) is 16.1 Å². The van der Waals surface area contributed by atoms with E-state index in [4.69, 9.17) is 30.6 Å². The largest absolute Gasteiger partial charge is 0.356 e. The molecule has 0 aliphatic carbocycles. The fraction of sp³-hybridized carbons (Fsp3) is 1.00. The van der Waals surface area contributed by atoms with Crippen molar-refractivity contribution in [3.8, 4) is 0 Å². The molecular formula is C8H23N3O6Pt-2. The van der Waals surface area contributed by atoms with Crippen molar-refractivity contribution < 1.29 is 26.2 Å². The molecule has 0 heterocycles. The zero-order valence-corrected chi connectivity index (χ0v) is 13.5. The van der Waals surface area contributed by atoms with E-state index in [2.05, 4.69) is 27.7 Å². The summed E-state index contributed by atoms with van der Waals surface area (Å²) >= 11 is -1.10. The van der Waals surface area contributed by atoms with Gasteiger partial charge < -0.3 is 36.8 Å². The van der Waals surface area contributed by atoms with Gasteiger partial charge in [0.05, 0.1) is 10.2 Å². The molecule has 0 rings (SSSR count). The molecule has 0 bridgehead atoms. The van der Waals surface area contributed by atoms with Gasteiger partial charge in [0.25, 0.3) is 0 Å². The molecule has 118 valence electrons. The smallest absolute Gasteiger partial charge is 0.0689 e. The van der Waals surface area contributed by atoms with Gasteiger partial charge in [-0.2, -0.15) is 0 Å². The fourth-order valence-electron chi connectivity index (χ4n) is 0.949. The monoisotopic (exact) mass is 452 g/mol. The van der Waals surface area contributed by atoms with Gasteiger partial charge >= 0.3 is 63.0 Å². The Hall–Kier alpha value is -0.952. The van der Waals surface area contributed by atoms with Gasteiger partial charge in [0, 0.05) is 0 Å². The summed E-state index contributed by atoms with van der Waals surface area (Å²) in [6, 6.07) is 0. The Labute approximate surface area is 110 Å². The van der Waals surface area contributed by atoms with Crippen LogP contribution in [0.3, 0.4) is 0 Å². The number of nitrogens with zero attached hydrogens (tertiary/aromatic N) is 2. The second-order valence-electron chi connectivity index (χ2n) is 2.29. The molecule has 0 spiro atoms. The summed E-state index contributed by atoms with van der Waals surface area (Å²) in [6.45, 7) is 9.53. The van der Waals surface area contributed by atoms with Gasteiger partial charge in [-0.05, 0) is 0 Å². The van der Waals surface area contributed by atoms with Gasteiger partial charge in [0.15, 0.2) is 0 Å². The van der Waals surface area contributed by atoms with E-state index in [1.165, 1.54) is 19.2 Å². The molecular weight excluding hydrogens is 429 g/mol. The summed E-state index contributed by atoms with van der Waals surface area (Å²) in [6.07, 6.45) is 0. The average molecular weight is 452 g/mol. The van der Waals surface area contributed by atoms with E-state index in [0.717, 1.165) is 0 Å². The van der Waals surface area contributed by atoms with E-state index >= 15 is 0 Å². The first kappa shape index (κ1) is 25.8. The summed E-state index contributed by atoms with van der Waals surface area (Å²) in [5.74, 6) is 0. The van der Waals surface area contributed by atoms with Crippen molar-refractivity contribution in [3.63, 3.8) is 0 Å². The van der Waals surface area contributed by atoms with Gasteiger partial charge in [-0.1, -0.05) is 0 Å². The van der Waals surface area contributed by atoms with E-state index in [-0.39, 0.29) is 6.15 Å². The zero-order chi connectivity index (χ0) is 14.5. The molecule has 9 nitrogen and oxygen atoms in total. The van der Waals surface area contributed by atoms with Crippen molar-refractivity contribution in [1.82, 2.24) is 6.15 Å². The van der Waals surface area contributed by atoms with Crippen LogP contribution in [0.5, 0.6) is 0 Å². The first-order valence-corrected chi connectivity index (χ1v) is 11.2. The molecule has 0 aromatic rings. The van der Waals surface area contributed by atoms with E-state index < -0.39 is 26.2 Å². The minimum absolute atomic E-state index is 0. The van der Waals surface area contributed by atoms with Crippen LogP contribution in [0.15, 0.2) is 0 Å². The number of rotatable bonds is 4. The molecule has 0 saturated carbocycles. The van der Waals surface area contributed by atoms with Crippen molar-refractivity contribution in [1.29, 1.82) is 0 Å². The number of hydrogen-bond donors (Lipinski definition) is 1. The molecule has 3 N–H and O–H groups in total.